The molecule has 0 spiro atoms. The molecule has 1 aliphatic rings. The number of benzene rings is 2. The van der Waals surface area contributed by atoms with Gasteiger partial charge in [0, 0.05) is 36.5 Å². The monoisotopic (exact) mass is 902 g/mol. The van der Waals surface area contributed by atoms with Gasteiger partial charge < -0.3 is 53.0 Å². The lowest BCUT2D eigenvalue weighted by atomic mass is 9.98. The second kappa shape index (κ2) is 25.0. The molecule has 17 nitrogen and oxygen atoms in total. The van der Waals surface area contributed by atoms with E-state index in [0.717, 1.165) is 22.0 Å². The summed E-state index contributed by atoms with van der Waals surface area (Å²) in [5.74, 6) is -5.31. The number of likely N-dealkylation sites (tertiary alicyclic amines) is 1. The largest absolute Gasteiger partial charge is 0.480 e. The van der Waals surface area contributed by atoms with Crippen LogP contribution in [0.2, 0.25) is 0 Å². The number of carbonyl (C=O) groups excluding carboxylic acids is 6. The molecule has 4 rings (SSSR count). The van der Waals surface area contributed by atoms with Gasteiger partial charge in [0.25, 0.3) is 0 Å². The Hall–Kier alpha value is -5.81. The molecule has 0 aliphatic carbocycles. The van der Waals surface area contributed by atoms with Crippen molar-refractivity contribution in [2.45, 2.75) is 142 Å². The van der Waals surface area contributed by atoms with Crippen LogP contribution < -0.4 is 38.1 Å². The number of para-hydroxylation sites is 1. The normalized spacial score (nSPS) is 17.1. The van der Waals surface area contributed by atoms with Gasteiger partial charge in [-0.1, -0.05) is 96.5 Å². The third kappa shape index (κ3) is 14.9. The Morgan fingerprint density at radius 1 is 0.769 bits per heavy atom. The molecule has 3 aromatic rings. The van der Waals surface area contributed by atoms with Gasteiger partial charge in [-0.2, -0.15) is 0 Å². The van der Waals surface area contributed by atoms with Crippen molar-refractivity contribution in [2.75, 3.05) is 13.1 Å². The van der Waals surface area contributed by atoms with E-state index < -0.39 is 89.6 Å². The number of nitrogens with zero attached hydrogens (tertiary/aromatic N) is 1. The Labute approximate surface area is 382 Å². The predicted molar refractivity (Wildman–Crippen MR) is 249 cm³/mol. The lowest BCUT2D eigenvalue weighted by molar-refractivity contribution is -0.144. The van der Waals surface area contributed by atoms with Gasteiger partial charge in [0.1, 0.15) is 36.3 Å². The molecule has 0 saturated carbocycles. The quantitative estimate of drug-likeness (QED) is 0.0561. The first kappa shape index (κ1) is 51.8. The third-order valence-electron chi connectivity index (χ3n) is 12.2. The molecule has 0 bridgehead atoms. The van der Waals surface area contributed by atoms with Gasteiger partial charge in [-0.25, -0.2) is 4.79 Å². The number of rotatable bonds is 25. The molecule has 1 aromatic heterocycles. The minimum atomic E-state index is -1.20. The number of hydrogen-bond donors (Lipinski definition) is 9. The van der Waals surface area contributed by atoms with Crippen LogP contribution in [0.15, 0.2) is 60.8 Å². The second-order valence-electron chi connectivity index (χ2n) is 18.1. The van der Waals surface area contributed by atoms with Crippen LogP contribution in [-0.4, -0.2) is 112 Å². The number of H-pyrrole nitrogens is 1. The summed E-state index contributed by atoms with van der Waals surface area (Å²) < 4.78 is 0. The van der Waals surface area contributed by atoms with E-state index in [9.17, 15) is 38.7 Å². The highest BCUT2D eigenvalue weighted by molar-refractivity contribution is 5.97. The van der Waals surface area contributed by atoms with Gasteiger partial charge in [-0.15, -0.1) is 0 Å². The molecule has 65 heavy (non-hydrogen) atoms. The lowest BCUT2D eigenvalue weighted by Crippen LogP contribution is -2.60. The van der Waals surface area contributed by atoms with Crippen LogP contribution in [0.4, 0.5) is 0 Å². The minimum Gasteiger partial charge on any atom is -0.480 e. The Bertz CT molecular complexity index is 2070. The standard InChI is InChI=1S/C48H71N9O8/c1-7-30(6)41(48(64)65)56-44(60)38(26-32-27-51-34-19-12-11-18-33(32)34)54-45(61)39-21-15-23-57(39)47(63)35(20-13-14-22-49)52-42(58)36(24-28(2)3)53-43(59)37(25-31-16-9-8-10-17-31)55-46(62)40(50)29(4)5/h8-12,16-19,27-30,35-41,51H,7,13-15,20-26,49-50H2,1-6H3,(H,52,58)(H,53,59)(H,54,61)(H,55,62)(H,56,60)(H,64,65)/t30-,35-,36-,37-,38-,39-,40-,41-/m0/s1. The van der Waals surface area contributed by atoms with Gasteiger partial charge in [-0.3, -0.25) is 28.8 Å². The van der Waals surface area contributed by atoms with Crippen molar-refractivity contribution in [3.8, 4) is 0 Å². The maximum Gasteiger partial charge on any atom is 0.326 e. The molecule has 17 heteroatoms. The van der Waals surface area contributed by atoms with E-state index in [4.69, 9.17) is 11.5 Å². The number of fused-ring (bicyclic) bond motifs is 1. The highest BCUT2D eigenvalue weighted by atomic mass is 16.4. The van der Waals surface area contributed by atoms with E-state index in [1.807, 2.05) is 75.4 Å². The van der Waals surface area contributed by atoms with E-state index in [1.165, 1.54) is 4.90 Å². The minimum absolute atomic E-state index is 0.0379. The van der Waals surface area contributed by atoms with Crippen molar-refractivity contribution in [3.63, 3.8) is 0 Å². The van der Waals surface area contributed by atoms with Crippen molar-refractivity contribution in [1.29, 1.82) is 0 Å². The molecule has 0 radical (unpaired) electrons. The molecule has 6 amide bonds. The number of aromatic nitrogens is 1. The average Bonchev–Trinajstić information content (AvgIpc) is 3.94. The topological polar surface area (TPSA) is 271 Å². The lowest BCUT2D eigenvalue weighted by Gasteiger charge is -2.31. The molecule has 1 fully saturated rings. The first-order valence-corrected chi connectivity index (χ1v) is 23.0. The summed E-state index contributed by atoms with van der Waals surface area (Å²) in [6.45, 7) is 11.5. The zero-order chi connectivity index (χ0) is 47.8. The van der Waals surface area contributed by atoms with Crippen LogP contribution in [-0.2, 0) is 46.4 Å². The molecular weight excluding hydrogens is 831 g/mol. The fraction of sp³-hybridized carbons (Fsp3) is 0.562. The number of carboxylic acid groups (broad SMARTS) is 1. The summed E-state index contributed by atoms with van der Waals surface area (Å²) in [5, 5.41) is 24.8. The number of carboxylic acids is 1. The van der Waals surface area contributed by atoms with Crippen molar-refractivity contribution < 1.29 is 38.7 Å². The van der Waals surface area contributed by atoms with Crippen molar-refractivity contribution >= 4 is 52.3 Å². The van der Waals surface area contributed by atoms with Gasteiger partial charge >= 0.3 is 5.97 Å². The maximum atomic E-state index is 14.6. The summed E-state index contributed by atoms with van der Waals surface area (Å²) in [4.78, 5) is 101. The Morgan fingerprint density at radius 3 is 2.03 bits per heavy atom. The third-order valence-corrected chi connectivity index (χ3v) is 12.2. The van der Waals surface area contributed by atoms with Gasteiger partial charge in [-0.05, 0) is 80.0 Å². The number of aliphatic carboxylic acids is 1. The molecule has 0 unspecified atom stereocenters. The Kier molecular flexibility index (Phi) is 20.0. The Morgan fingerprint density at radius 2 is 1.38 bits per heavy atom. The van der Waals surface area contributed by atoms with Crippen molar-refractivity contribution in [2.24, 2.45) is 29.2 Å². The molecule has 1 aliphatic heterocycles. The molecule has 2 aromatic carbocycles. The van der Waals surface area contributed by atoms with Crippen LogP contribution >= 0.6 is 0 Å². The van der Waals surface area contributed by atoms with E-state index in [1.54, 1.807) is 27.0 Å². The van der Waals surface area contributed by atoms with Gasteiger partial charge in [0.2, 0.25) is 35.4 Å². The fourth-order valence-corrected chi connectivity index (χ4v) is 8.07. The number of hydrogen-bond acceptors (Lipinski definition) is 9. The highest BCUT2D eigenvalue weighted by Crippen LogP contribution is 2.23. The summed E-state index contributed by atoms with van der Waals surface area (Å²) in [7, 11) is 0. The van der Waals surface area contributed by atoms with Gasteiger partial charge in [0.05, 0.1) is 6.04 Å². The van der Waals surface area contributed by atoms with Crippen molar-refractivity contribution in [3.05, 3.63) is 71.9 Å². The zero-order valence-corrected chi connectivity index (χ0v) is 38.7. The van der Waals surface area contributed by atoms with E-state index in [2.05, 4.69) is 31.6 Å². The van der Waals surface area contributed by atoms with Crippen LogP contribution in [0.1, 0.15) is 97.6 Å². The smallest absolute Gasteiger partial charge is 0.326 e. The number of nitrogens with two attached hydrogens (primary N) is 2. The van der Waals surface area contributed by atoms with E-state index in [-0.39, 0.29) is 50.5 Å². The average molecular weight is 902 g/mol. The van der Waals surface area contributed by atoms with E-state index in [0.29, 0.717) is 32.2 Å². The molecule has 1 saturated heterocycles. The van der Waals surface area contributed by atoms with Crippen LogP contribution in [0, 0.1) is 17.8 Å². The van der Waals surface area contributed by atoms with Crippen LogP contribution in [0.25, 0.3) is 10.9 Å². The summed E-state index contributed by atoms with van der Waals surface area (Å²) >= 11 is 0. The van der Waals surface area contributed by atoms with Gasteiger partial charge in [0.15, 0.2) is 0 Å². The molecule has 356 valence electrons. The number of aromatic amines is 1. The number of amides is 6. The fourth-order valence-electron chi connectivity index (χ4n) is 8.07. The number of unbranched alkanes of at least 4 members (excludes halogenated alkanes) is 1. The predicted octanol–water partition coefficient (Wildman–Crippen LogP) is 2.66. The molecule has 11 N–H and O–H groups in total. The second-order valence-corrected chi connectivity index (χ2v) is 18.1. The summed E-state index contributed by atoms with van der Waals surface area (Å²) in [6, 6.07) is 9.15. The summed E-state index contributed by atoms with van der Waals surface area (Å²) in [6.07, 6.45) is 4.64. The maximum absolute atomic E-state index is 14.6. The molecular formula is C48H71N9O8. The van der Waals surface area contributed by atoms with E-state index >= 15 is 0 Å². The highest BCUT2D eigenvalue weighted by Gasteiger charge is 2.40. The first-order chi connectivity index (χ1) is 30.9. The Balaban J connectivity index is 1.57. The zero-order valence-electron chi connectivity index (χ0n) is 38.7. The molecule has 8 atom stereocenters. The van der Waals surface area contributed by atoms with Crippen LogP contribution in [0.3, 0.4) is 0 Å². The first-order valence-electron chi connectivity index (χ1n) is 23.0. The van der Waals surface area contributed by atoms with Crippen LogP contribution in [0.5, 0.6) is 0 Å². The molecule has 2 heterocycles. The SMILES string of the molecule is CC[C@H](C)[C@H](NC(=O)[C@H](Cc1c[nH]c2ccccc12)NC(=O)[C@@H]1CCCN1C(=O)[C@H](CCCCN)NC(=O)[C@H](CC(C)C)NC(=O)[C@H](Cc1ccccc1)NC(=O)[C@@H](N)C(C)C)C(=O)O. The van der Waals surface area contributed by atoms with Crippen molar-refractivity contribution in [1.82, 2.24) is 36.5 Å². The number of carbonyl (C=O) groups is 7. The number of nitrogens with one attached hydrogen (secondary N) is 6. The summed E-state index contributed by atoms with van der Waals surface area (Å²) in [5.41, 5.74) is 14.3.